The Bertz CT molecular complexity index is 873. The van der Waals surface area contributed by atoms with Gasteiger partial charge in [0.25, 0.3) is 5.88 Å². The molecule has 0 saturated heterocycles. The van der Waals surface area contributed by atoms with E-state index in [1.165, 1.54) is 26.9 Å². The Morgan fingerprint density at radius 2 is 1.76 bits per heavy atom. The molecule has 29 heavy (non-hydrogen) atoms. The zero-order chi connectivity index (χ0) is 20.8. The van der Waals surface area contributed by atoms with Gasteiger partial charge in [0.15, 0.2) is 17.7 Å². The first-order valence-electron chi connectivity index (χ1n) is 9.17. The van der Waals surface area contributed by atoms with Crippen molar-refractivity contribution in [2.24, 2.45) is 4.99 Å². The summed E-state index contributed by atoms with van der Waals surface area (Å²) in [5, 5.41) is 13.5. The van der Waals surface area contributed by atoms with Crippen molar-refractivity contribution in [3.8, 4) is 17.2 Å². The number of quaternary nitrogens is 1. The number of rotatable bonds is 8. The predicted molar refractivity (Wildman–Crippen MR) is 106 cm³/mol. The van der Waals surface area contributed by atoms with Crippen LogP contribution in [0.2, 0.25) is 0 Å². The summed E-state index contributed by atoms with van der Waals surface area (Å²) in [7, 11) is 4.48. The van der Waals surface area contributed by atoms with Crippen molar-refractivity contribution in [3.05, 3.63) is 65.7 Å². The van der Waals surface area contributed by atoms with Crippen LogP contribution in [0.15, 0.2) is 59.5 Å². The molecule has 1 aliphatic heterocycles. The minimum Gasteiger partial charge on any atom is -0.858 e. The second-order valence-electron chi connectivity index (χ2n) is 6.56. The SMILES string of the molecule is COc1cc(/C([O-])=N/C2=C[NH+](C(C)Cc3ccccc3)NO2)cc(OC)c1OC. The van der Waals surface area contributed by atoms with E-state index in [4.69, 9.17) is 19.0 Å². The van der Waals surface area contributed by atoms with E-state index in [1.54, 1.807) is 18.3 Å². The third kappa shape index (κ3) is 4.79. The molecule has 0 fully saturated rings. The standard InChI is InChI=1S/C21H25N3O5/c1-14(10-15-8-6-5-7-9-15)24-13-19(29-23-24)22-21(25)16-11-17(26-2)20(28-4)18(12-16)27-3/h5-9,11-14,23H,10H2,1-4H3,(H,22,25). The van der Waals surface area contributed by atoms with Gasteiger partial charge in [-0.1, -0.05) is 30.3 Å². The quantitative estimate of drug-likeness (QED) is 0.499. The maximum atomic E-state index is 12.6. The molecular weight excluding hydrogens is 374 g/mol. The van der Waals surface area contributed by atoms with E-state index in [2.05, 4.69) is 29.6 Å². The Morgan fingerprint density at radius 1 is 1.10 bits per heavy atom. The van der Waals surface area contributed by atoms with Crippen LogP contribution in [-0.4, -0.2) is 33.3 Å². The van der Waals surface area contributed by atoms with Crippen LogP contribution in [0.1, 0.15) is 18.1 Å². The number of benzene rings is 2. The fourth-order valence-corrected chi connectivity index (χ4v) is 3.05. The Kier molecular flexibility index (Phi) is 6.58. The lowest BCUT2D eigenvalue weighted by Crippen LogP contribution is -3.16. The van der Waals surface area contributed by atoms with E-state index in [-0.39, 0.29) is 11.9 Å². The predicted octanol–water partition coefficient (Wildman–Crippen LogP) is 0.584. The summed E-state index contributed by atoms with van der Waals surface area (Å²) in [5.41, 5.74) is 4.38. The second-order valence-corrected chi connectivity index (χ2v) is 6.56. The zero-order valence-electron chi connectivity index (χ0n) is 16.9. The van der Waals surface area contributed by atoms with Crippen molar-refractivity contribution < 1.29 is 29.2 Å². The van der Waals surface area contributed by atoms with Gasteiger partial charge in [0.2, 0.25) is 5.75 Å². The molecule has 0 aliphatic carbocycles. The van der Waals surface area contributed by atoms with Crippen molar-refractivity contribution in [2.45, 2.75) is 19.4 Å². The van der Waals surface area contributed by atoms with Gasteiger partial charge in [0.1, 0.15) is 6.04 Å². The van der Waals surface area contributed by atoms with Crippen LogP contribution in [0.5, 0.6) is 17.2 Å². The molecule has 2 atom stereocenters. The number of hydrogen-bond acceptors (Lipinski definition) is 7. The summed E-state index contributed by atoms with van der Waals surface area (Å²) in [5.74, 6) is 0.907. The largest absolute Gasteiger partial charge is 0.858 e. The highest BCUT2D eigenvalue weighted by Gasteiger charge is 2.25. The molecule has 1 heterocycles. The van der Waals surface area contributed by atoms with Gasteiger partial charge in [-0.05, 0) is 36.1 Å². The summed E-state index contributed by atoms with van der Waals surface area (Å²) < 4.78 is 15.8. The van der Waals surface area contributed by atoms with Crippen LogP contribution in [0.3, 0.4) is 0 Å². The average Bonchev–Trinajstić information content (AvgIpc) is 3.21. The normalized spacial score (nSPS) is 17.3. The van der Waals surface area contributed by atoms with Crippen LogP contribution in [-0.2, 0) is 11.3 Å². The highest BCUT2D eigenvalue weighted by Crippen LogP contribution is 2.38. The Hall–Kier alpha value is -3.23. The van der Waals surface area contributed by atoms with Gasteiger partial charge in [0.05, 0.1) is 21.3 Å². The molecule has 2 aromatic rings. The van der Waals surface area contributed by atoms with Crippen LogP contribution in [0, 0.1) is 0 Å². The first-order valence-corrected chi connectivity index (χ1v) is 9.17. The van der Waals surface area contributed by atoms with E-state index in [0.29, 0.717) is 22.8 Å². The van der Waals surface area contributed by atoms with Crippen LogP contribution in [0.25, 0.3) is 0 Å². The smallest absolute Gasteiger partial charge is 0.298 e. The van der Waals surface area contributed by atoms with Crippen LogP contribution < -0.4 is 29.9 Å². The van der Waals surface area contributed by atoms with Crippen molar-refractivity contribution >= 4 is 5.90 Å². The van der Waals surface area contributed by atoms with Crippen LogP contribution >= 0.6 is 0 Å². The fraction of sp³-hybridized carbons (Fsp3) is 0.286. The Labute approximate surface area is 169 Å². The molecule has 0 bridgehead atoms. The van der Waals surface area contributed by atoms with Gasteiger partial charge in [0, 0.05) is 12.0 Å². The third-order valence-electron chi connectivity index (χ3n) is 4.59. The van der Waals surface area contributed by atoms with Gasteiger partial charge in [-0.25, -0.2) is 4.99 Å². The van der Waals surface area contributed by atoms with Crippen molar-refractivity contribution in [3.63, 3.8) is 0 Å². The molecule has 0 saturated carbocycles. The number of aliphatic imine (C=N–C) groups is 1. The molecule has 2 aromatic carbocycles. The van der Waals surface area contributed by atoms with E-state index in [0.717, 1.165) is 11.4 Å². The monoisotopic (exact) mass is 399 g/mol. The van der Waals surface area contributed by atoms with Crippen molar-refractivity contribution in [1.29, 1.82) is 0 Å². The van der Waals surface area contributed by atoms with E-state index >= 15 is 0 Å². The van der Waals surface area contributed by atoms with Crippen LogP contribution in [0.4, 0.5) is 0 Å². The maximum Gasteiger partial charge on any atom is 0.298 e. The van der Waals surface area contributed by atoms with E-state index < -0.39 is 5.90 Å². The fourth-order valence-electron chi connectivity index (χ4n) is 3.05. The van der Waals surface area contributed by atoms with E-state index in [1.807, 2.05) is 18.2 Å². The first-order chi connectivity index (χ1) is 14.0. The molecule has 0 aromatic heterocycles. The first kappa shape index (κ1) is 20.5. The molecule has 0 radical (unpaired) electrons. The molecule has 3 rings (SSSR count). The lowest BCUT2D eigenvalue weighted by atomic mass is 10.1. The number of methoxy groups -OCH3 is 3. The second kappa shape index (κ2) is 9.31. The summed E-state index contributed by atoms with van der Waals surface area (Å²) >= 11 is 0. The average molecular weight is 399 g/mol. The van der Waals surface area contributed by atoms with E-state index in [9.17, 15) is 5.11 Å². The van der Waals surface area contributed by atoms with Gasteiger partial charge in [-0.2, -0.15) is 5.01 Å². The Balaban J connectivity index is 1.77. The molecule has 154 valence electrons. The summed E-state index contributed by atoms with van der Waals surface area (Å²) in [6, 6.07) is 13.5. The molecule has 2 N–H and O–H groups in total. The molecule has 1 aliphatic rings. The number of ether oxygens (including phenoxy) is 3. The lowest BCUT2D eigenvalue weighted by Gasteiger charge is -2.16. The summed E-state index contributed by atoms with van der Waals surface area (Å²) in [4.78, 5) is 9.43. The van der Waals surface area contributed by atoms with Gasteiger partial charge in [-0.3, -0.25) is 0 Å². The molecule has 2 unspecified atom stereocenters. The third-order valence-corrected chi connectivity index (χ3v) is 4.59. The minimum atomic E-state index is -0.478. The van der Waals surface area contributed by atoms with Crippen molar-refractivity contribution in [1.82, 2.24) is 5.59 Å². The number of nitrogens with zero attached hydrogens (tertiary/aromatic N) is 1. The van der Waals surface area contributed by atoms with Crippen molar-refractivity contribution in [2.75, 3.05) is 21.3 Å². The number of hydrogen-bond donors (Lipinski definition) is 2. The van der Waals surface area contributed by atoms with Gasteiger partial charge >= 0.3 is 0 Å². The molecule has 8 nitrogen and oxygen atoms in total. The topological polar surface area (TPSA) is 88.8 Å². The van der Waals surface area contributed by atoms with Gasteiger partial charge < -0.3 is 24.2 Å². The molecule has 0 spiro atoms. The lowest BCUT2D eigenvalue weighted by molar-refractivity contribution is -0.934. The zero-order valence-corrected chi connectivity index (χ0v) is 16.9. The molecule has 0 amide bonds. The Morgan fingerprint density at radius 3 is 2.34 bits per heavy atom. The molecule has 8 heteroatoms. The molecular formula is C21H25N3O5. The highest BCUT2D eigenvalue weighted by molar-refractivity contribution is 5.92. The summed E-state index contributed by atoms with van der Waals surface area (Å²) in [6.45, 7) is 2.08. The minimum absolute atomic E-state index is 0.182. The van der Waals surface area contributed by atoms with Gasteiger partial charge in [-0.15, -0.1) is 0 Å². The number of nitrogens with one attached hydrogen (secondary N) is 2. The highest BCUT2D eigenvalue weighted by atomic mass is 16.7. The summed E-state index contributed by atoms with van der Waals surface area (Å²) in [6.07, 6.45) is 2.58. The maximum absolute atomic E-state index is 12.6.